The molecule has 0 N–H and O–H groups in total. The van der Waals surface area contributed by atoms with Gasteiger partial charge in [0.15, 0.2) is 5.82 Å². The zero-order valence-corrected chi connectivity index (χ0v) is 14.2. The van der Waals surface area contributed by atoms with Crippen LogP contribution in [0.2, 0.25) is 0 Å². The van der Waals surface area contributed by atoms with Crippen LogP contribution in [0.15, 0.2) is 51.5 Å². The van der Waals surface area contributed by atoms with Crippen LogP contribution in [0.1, 0.15) is 21.7 Å². The fraction of sp³-hybridized carbons (Fsp3) is 0.118. The summed E-state index contributed by atoms with van der Waals surface area (Å²) in [4.78, 5) is 16.2. The Kier molecular flexibility index (Phi) is 4.71. The Labute approximate surface area is 145 Å². The Hall–Kier alpha value is -2.54. The molecule has 0 saturated carbocycles. The first-order valence-corrected chi connectivity index (χ1v) is 7.84. The minimum absolute atomic E-state index is 0.0459. The quantitative estimate of drug-likeness (QED) is 0.621. The van der Waals surface area contributed by atoms with E-state index in [4.69, 9.17) is 9.26 Å². The molecule has 0 aliphatic heterocycles. The molecular weight excluding hydrogens is 379 g/mol. The van der Waals surface area contributed by atoms with Crippen LogP contribution >= 0.6 is 15.9 Å². The molecule has 0 unspecified atom stereocenters. The van der Waals surface area contributed by atoms with Gasteiger partial charge in [0.25, 0.3) is 5.89 Å². The lowest BCUT2D eigenvalue weighted by molar-refractivity contribution is 0.0472. The standard InChI is InChI=1S/C17H12BrFN2O3/c1-10-20-16(24-21-10)11-2-4-12(5-3-11)17(22)23-9-13-6-7-14(19)8-15(13)18/h2-8H,9H2,1H3. The van der Waals surface area contributed by atoms with Gasteiger partial charge in [-0.15, -0.1) is 0 Å². The van der Waals surface area contributed by atoms with E-state index in [0.717, 1.165) is 0 Å². The molecule has 0 aliphatic carbocycles. The van der Waals surface area contributed by atoms with E-state index in [1.165, 1.54) is 12.1 Å². The van der Waals surface area contributed by atoms with Crippen LogP contribution in [0.3, 0.4) is 0 Å². The number of nitrogens with zero attached hydrogens (tertiary/aromatic N) is 2. The SMILES string of the molecule is Cc1noc(-c2ccc(C(=O)OCc3ccc(F)cc3Br)cc2)n1. The van der Waals surface area contributed by atoms with Crippen molar-refractivity contribution in [3.05, 3.63) is 69.7 Å². The number of halogens is 2. The molecule has 122 valence electrons. The van der Waals surface area contributed by atoms with Crippen LogP contribution in [0, 0.1) is 12.7 Å². The van der Waals surface area contributed by atoms with Crippen molar-refractivity contribution in [2.75, 3.05) is 0 Å². The van der Waals surface area contributed by atoms with Crippen molar-refractivity contribution in [2.45, 2.75) is 13.5 Å². The molecule has 0 aliphatic rings. The predicted octanol–water partition coefficient (Wildman–Crippen LogP) is 4.30. The van der Waals surface area contributed by atoms with E-state index >= 15 is 0 Å². The van der Waals surface area contributed by atoms with Gasteiger partial charge in [-0.3, -0.25) is 0 Å². The summed E-state index contributed by atoms with van der Waals surface area (Å²) in [7, 11) is 0. The van der Waals surface area contributed by atoms with Gasteiger partial charge in [-0.2, -0.15) is 4.98 Å². The summed E-state index contributed by atoms with van der Waals surface area (Å²) in [6, 6.07) is 10.9. The van der Waals surface area contributed by atoms with Crippen LogP contribution in [-0.2, 0) is 11.3 Å². The van der Waals surface area contributed by atoms with Crippen molar-refractivity contribution in [2.24, 2.45) is 0 Å². The predicted molar refractivity (Wildman–Crippen MR) is 87.7 cm³/mol. The van der Waals surface area contributed by atoms with E-state index in [9.17, 15) is 9.18 Å². The molecule has 5 nitrogen and oxygen atoms in total. The Morgan fingerprint density at radius 3 is 2.62 bits per heavy atom. The van der Waals surface area contributed by atoms with Crippen molar-refractivity contribution in [1.29, 1.82) is 0 Å². The third kappa shape index (κ3) is 3.68. The molecule has 1 heterocycles. The molecule has 1 aromatic heterocycles. The Balaban J connectivity index is 1.67. The van der Waals surface area contributed by atoms with Gasteiger partial charge in [0.1, 0.15) is 12.4 Å². The van der Waals surface area contributed by atoms with Crippen molar-refractivity contribution in [3.63, 3.8) is 0 Å². The lowest BCUT2D eigenvalue weighted by Gasteiger charge is -2.07. The first-order valence-electron chi connectivity index (χ1n) is 7.05. The topological polar surface area (TPSA) is 65.2 Å². The maximum Gasteiger partial charge on any atom is 0.338 e. The summed E-state index contributed by atoms with van der Waals surface area (Å²) in [5, 5.41) is 3.72. The Morgan fingerprint density at radius 1 is 1.25 bits per heavy atom. The number of hydrogen-bond donors (Lipinski definition) is 0. The number of hydrogen-bond acceptors (Lipinski definition) is 5. The zero-order valence-electron chi connectivity index (χ0n) is 12.6. The van der Waals surface area contributed by atoms with Gasteiger partial charge >= 0.3 is 5.97 Å². The molecule has 0 bridgehead atoms. The summed E-state index contributed by atoms with van der Waals surface area (Å²) in [6.07, 6.45) is 0. The molecule has 3 rings (SSSR count). The largest absolute Gasteiger partial charge is 0.457 e. The molecule has 2 aromatic carbocycles. The number of aromatic nitrogens is 2. The second-order valence-electron chi connectivity index (χ2n) is 5.04. The van der Waals surface area contributed by atoms with Gasteiger partial charge in [-0.05, 0) is 43.3 Å². The minimum Gasteiger partial charge on any atom is -0.457 e. The number of carbonyl (C=O) groups excluding carboxylic acids is 1. The Morgan fingerprint density at radius 2 is 2.00 bits per heavy atom. The fourth-order valence-electron chi connectivity index (χ4n) is 2.03. The average Bonchev–Trinajstić information content (AvgIpc) is 3.00. The molecule has 0 radical (unpaired) electrons. The number of ether oxygens (including phenoxy) is 1. The van der Waals surface area contributed by atoms with Gasteiger partial charge < -0.3 is 9.26 Å². The molecule has 0 atom stereocenters. The van der Waals surface area contributed by atoms with Crippen LogP contribution < -0.4 is 0 Å². The molecule has 0 fully saturated rings. The lowest BCUT2D eigenvalue weighted by atomic mass is 10.1. The smallest absolute Gasteiger partial charge is 0.338 e. The van der Waals surface area contributed by atoms with E-state index in [-0.39, 0.29) is 12.4 Å². The van der Waals surface area contributed by atoms with Crippen molar-refractivity contribution < 1.29 is 18.4 Å². The van der Waals surface area contributed by atoms with Crippen LogP contribution in [0.4, 0.5) is 4.39 Å². The van der Waals surface area contributed by atoms with Gasteiger partial charge in [0.05, 0.1) is 5.56 Å². The number of esters is 1. The Bertz CT molecular complexity index is 878. The molecule has 0 amide bonds. The summed E-state index contributed by atoms with van der Waals surface area (Å²) in [5.74, 6) is 0.101. The summed E-state index contributed by atoms with van der Waals surface area (Å²) >= 11 is 3.24. The number of benzene rings is 2. The molecule has 24 heavy (non-hydrogen) atoms. The third-order valence-electron chi connectivity index (χ3n) is 3.27. The number of aryl methyl sites for hydroxylation is 1. The lowest BCUT2D eigenvalue weighted by Crippen LogP contribution is -2.05. The van der Waals surface area contributed by atoms with Gasteiger partial charge in [-0.1, -0.05) is 27.2 Å². The van der Waals surface area contributed by atoms with E-state index in [2.05, 4.69) is 26.1 Å². The maximum atomic E-state index is 13.0. The van der Waals surface area contributed by atoms with Crippen LogP contribution in [0.25, 0.3) is 11.5 Å². The van der Waals surface area contributed by atoms with E-state index in [1.54, 1.807) is 37.3 Å². The average molecular weight is 391 g/mol. The van der Waals surface area contributed by atoms with E-state index in [1.807, 2.05) is 0 Å². The van der Waals surface area contributed by atoms with Crippen LogP contribution in [0.5, 0.6) is 0 Å². The summed E-state index contributed by atoms with van der Waals surface area (Å²) in [6.45, 7) is 1.77. The zero-order chi connectivity index (χ0) is 17.1. The van der Waals surface area contributed by atoms with Crippen molar-refractivity contribution >= 4 is 21.9 Å². The summed E-state index contributed by atoms with van der Waals surface area (Å²) in [5.41, 5.74) is 1.80. The molecular formula is C17H12BrFN2O3. The highest BCUT2D eigenvalue weighted by Crippen LogP contribution is 2.20. The monoisotopic (exact) mass is 390 g/mol. The fourth-order valence-corrected chi connectivity index (χ4v) is 2.49. The van der Waals surface area contributed by atoms with E-state index in [0.29, 0.717) is 32.9 Å². The first kappa shape index (κ1) is 16.3. The second-order valence-corrected chi connectivity index (χ2v) is 5.89. The maximum absolute atomic E-state index is 13.0. The van der Waals surface area contributed by atoms with Crippen molar-refractivity contribution in [1.82, 2.24) is 10.1 Å². The summed E-state index contributed by atoms with van der Waals surface area (Å²) < 4.78 is 23.9. The highest BCUT2D eigenvalue weighted by atomic mass is 79.9. The van der Waals surface area contributed by atoms with Gasteiger partial charge in [0.2, 0.25) is 0 Å². The number of rotatable bonds is 4. The van der Waals surface area contributed by atoms with Crippen LogP contribution in [-0.4, -0.2) is 16.1 Å². The number of carbonyl (C=O) groups is 1. The van der Waals surface area contributed by atoms with Gasteiger partial charge in [0, 0.05) is 15.6 Å². The normalized spacial score (nSPS) is 10.6. The molecule has 7 heteroatoms. The highest BCUT2D eigenvalue weighted by Gasteiger charge is 2.11. The third-order valence-corrected chi connectivity index (χ3v) is 4.01. The molecule has 3 aromatic rings. The van der Waals surface area contributed by atoms with Crippen molar-refractivity contribution in [3.8, 4) is 11.5 Å². The minimum atomic E-state index is -0.473. The molecule has 0 spiro atoms. The second kappa shape index (κ2) is 6.92. The van der Waals surface area contributed by atoms with Gasteiger partial charge in [-0.25, -0.2) is 9.18 Å². The first-order chi connectivity index (χ1) is 11.5. The highest BCUT2D eigenvalue weighted by molar-refractivity contribution is 9.10. The van der Waals surface area contributed by atoms with E-state index < -0.39 is 5.97 Å². The molecule has 0 saturated heterocycles.